The molecular formula is C106H65N11S2. The quantitative estimate of drug-likeness (QED) is 0.103. The Morgan fingerprint density at radius 2 is 0.504 bits per heavy atom. The molecule has 23 aromatic rings. The Morgan fingerprint density at radius 1 is 0.185 bits per heavy atom. The molecule has 0 aliphatic rings. The molecule has 0 bridgehead atoms. The molecule has 0 saturated carbocycles. The van der Waals surface area contributed by atoms with Gasteiger partial charge in [0.15, 0.2) is 11.6 Å². The summed E-state index contributed by atoms with van der Waals surface area (Å²) in [5.74, 6) is 1.36. The van der Waals surface area contributed by atoms with Crippen LogP contribution in [0.15, 0.2) is 394 Å². The monoisotopic (exact) mass is 1560 g/mol. The van der Waals surface area contributed by atoms with Crippen molar-refractivity contribution in [3.05, 3.63) is 394 Å². The Morgan fingerprint density at radius 3 is 0.941 bits per heavy atom. The van der Waals surface area contributed by atoms with Gasteiger partial charge in [-0.3, -0.25) is 0 Å². The van der Waals surface area contributed by atoms with Gasteiger partial charge >= 0.3 is 0 Å². The van der Waals surface area contributed by atoms with Crippen LogP contribution in [0, 0.1) is 0 Å². The van der Waals surface area contributed by atoms with Crippen LogP contribution >= 0.6 is 23.5 Å². The van der Waals surface area contributed by atoms with Crippen molar-refractivity contribution < 1.29 is 0 Å². The maximum atomic E-state index is 5.25. The van der Waals surface area contributed by atoms with E-state index >= 15 is 0 Å². The van der Waals surface area contributed by atoms with Gasteiger partial charge in [0, 0.05) is 93.3 Å². The highest BCUT2D eigenvalue weighted by Crippen LogP contribution is 2.43. The van der Waals surface area contributed by atoms with Gasteiger partial charge in [-0.25, -0.2) is 29.9 Å². The molecule has 0 amide bonds. The van der Waals surface area contributed by atoms with E-state index in [9.17, 15) is 0 Å². The van der Waals surface area contributed by atoms with Crippen LogP contribution in [0.3, 0.4) is 0 Å². The summed E-state index contributed by atoms with van der Waals surface area (Å²) in [6.07, 6.45) is 0. The van der Waals surface area contributed by atoms with E-state index in [4.69, 9.17) is 34.3 Å². The van der Waals surface area contributed by atoms with Crippen LogP contribution in [-0.2, 0) is 0 Å². The van der Waals surface area contributed by atoms with E-state index in [1.54, 1.807) is 0 Å². The maximum absolute atomic E-state index is 5.25. The molecule has 0 N–H and O–H groups in total. The number of pyridine rings is 2. The van der Waals surface area contributed by atoms with Crippen molar-refractivity contribution in [2.75, 3.05) is 0 Å². The molecule has 11 nitrogen and oxygen atoms in total. The Labute approximate surface area is 692 Å². The molecule has 0 spiro atoms. The second kappa shape index (κ2) is 30.0. The summed E-state index contributed by atoms with van der Waals surface area (Å²) in [6.45, 7) is 0. The number of rotatable bonds is 13. The van der Waals surface area contributed by atoms with E-state index in [1.807, 2.05) is 54.6 Å². The third kappa shape index (κ3) is 13.1. The van der Waals surface area contributed by atoms with Crippen molar-refractivity contribution >= 4 is 111 Å². The Balaban J connectivity index is 0.000000143. The Bertz CT molecular complexity index is 7690. The highest BCUT2D eigenvalue weighted by Gasteiger charge is 2.22. The van der Waals surface area contributed by atoms with Crippen LogP contribution in [0.4, 0.5) is 0 Å². The molecule has 23 rings (SSSR count). The Kier molecular flexibility index (Phi) is 17.7. The number of hydrogen-bond acceptors (Lipinski definition) is 12. The van der Waals surface area contributed by atoms with E-state index in [2.05, 4.69) is 357 Å². The minimum absolute atomic E-state index is 0.677. The third-order valence-electron chi connectivity index (χ3n) is 22.5. The Hall–Kier alpha value is -15.5. The lowest BCUT2D eigenvalue weighted by molar-refractivity contribution is 1.17. The summed E-state index contributed by atoms with van der Waals surface area (Å²) in [7, 11) is 0. The van der Waals surface area contributed by atoms with Crippen molar-refractivity contribution in [2.24, 2.45) is 0 Å². The molecule has 0 radical (unpaired) electrons. The van der Waals surface area contributed by atoms with Gasteiger partial charge in [-0.15, -0.1) is 0 Å². The third-order valence-corrected chi connectivity index (χ3v) is 23.5. The van der Waals surface area contributed by atoms with Gasteiger partial charge < -0.3 is 4.57 Å². The summed E-state index contributed by atoms with van der Waals surface area (Å²) in [4.78, 5) is 31.1. The first-order valence-corrected chi connectivity index (χ1v) is 41.0. The second-order valence-corrected chi connectivity index (χ2v) is 30.7. The number of para-hydroxylation sites is 4. The minimum atomic E-state index is 0.677. The normalized spacial score (nSPS) is 11.5. The summed E-state index contributed by atoms with van der Waals surface area (Å²) in [5.41, 5.74) is 31.4. The van der Waals surface area contributed by atoms with Crippen LogP contribution < -0.4 is 0 Å². The predicted molar refractivity (Wildman–Crippen MR) is 491 cm³/mol. The fourth-order valence-corrected chi connectivity index (χ4v) is 17.7. The van der Waals surface area contributed by atoms with E-state index in [-0.39, 0.29) is 0 Å². The maximum Gasteiger partial charge on any atom is 0.160 e. The standard InChI is InChI=1S/C53H32N6S.C53H33N5S/c1-2-11-36(12-3-1)53-55-46(34-25-27-39(28-26-34)59-48-19-8-5-15-40(48)41-16-6-9-20-49(41)59)32-47(56-53)38-14-10-13-37(31-38)33-21-23-35(24-22-33)51-43-29-30-45-52(58-60-57-45)50(43)42-17-4-7-18-44(42)54-51;1-3-12-34(13-4-1)38-16-9-19-41(30-38)48-33-49(56-53(55-48)43-21-11-18-40(32-43)35-14-5-2-6-15-35)42-20-10-17-39(31-42)36-24-26-37(27-25-36)51-45-28-29-47-52(58-59-57-47)50(45)44-22-7-8-23-46(44)54-51/h1-32H;1-33H. The van der Waals surface area contributed by atoms with E-state index < -0.39 is 0 Å². The van der Waals surface area contributed by atoms with Gasteiger partial charge in [-0.1, -0.05) is 297 Å². The zero-order valence-corrected chi connectivity index (χ0v) is 65.4. The van der Waals surface area contributed by atoms with Crippen LogP contribution in [0.1, 0.15) is 0 Å². The zero-order chi connectivity index (χ0) is 78.7. The fraction of sp³-hybridized carbons (Fsp3) is 0. The lowest BCUT2D eigenvalue weighted by atomic mass is 9.96. The SMILES string of the molecule is c1ccc(-c2cccc(-c3cc(-c4cccc(-c5ccc(-c6nc7ccccc7c7c6ccc6nsnc67)cc5)c4)nc(-c4cccc(-c5ccccc5)c4)n3)c2)cc1.c1ccc(-c2nc(-c3ccc(-n4c5ccccc5c5ccccc54)cc3)cc(-c3cccc(-c4ccc(-c5nc6ccccc6c6c5ccc5nsnc56)cc4)c3)n2)cc1. The molecule has 0 saturated heterocycles. The minimum Gasteiger partial charge on any atom is -0.309 e. The average Bonchev–Trinajstić information content (AvgIpc) is 1.13. The molecule has 0 atom stereocenters. The molecule has 7 aromatic heterocycles. The first-order valence-electron chi connectivity index (χ1n) is 39.5. The van der Waals surface area contributed by atoms with Gasteiger partial charge in [0.25, 0.3) is 0 Å². The van der Waals surface area contributed by atoms with Gasteiger partial charge in [-0.05, 0) is 142 Å². The van der Waals surface area contributed by atoms with Gasteiger partial charge in [-0.2, -0.15) is 17.5 Å². The fourth-order valence-electron chi connectivity index (χ4n) is 16.6. The molecule has 13 heteroatoms. The molecule has 119 heavy (non-hydrogen) atoms. The molecule has 0 fully saturated rings. The lowest BCUT2D eigenvalue weighted by Gasteiger charge is -2.13. The van der Waals surface area contributed by atoms with E-state index in [1.165, 1.54) is 45.3 Å². The number of hydrogen-bond donors (Lipinski definition) is 0. The molecular weight excluding hydrogens is 1490 g/mol. The van der Waals surface area contributed by atoms with Gasteiger partial charge in [0.1, 0.15) is 22.1 Å². The number of nitrogens with zero attached hydrogens (tertiary/aromatic N) is 11. The highest BCUT2D eigenvalue weighted by molar-refractivity contribution is 7.00. The topological polar surface area (TPSA) is 134 Å². The second-order valence-electron chi connectivity index (χ2n) is 29.6. The number of fused-ring (bicyclic) bond motifs is 13. The first kappa shape index (κ1) is 70.1. The zero-order valence-electron chi connectivity index (χ0n) is 63.8. The van der Waals surface area contributed by atoms with Crippen LogP contribution in [0.2, 0.25) is 0 Å². The van der Waals surface area contributed by atoms with Crippen molar-refractivity contribution in [2.45, 2.75) is 0 Å². The predicted octanol–water partition coefficient (Wildman–Crippen LogP) is 27.5. The largest absolute Gasteiger partial charge is 0.309 e. The summed E-state index contributed by atoms with van der Waals surface area (Å²) in [6, 6.07) is 138. The van der Waals surface area contributed by atoms with Gasteiger partial charge in [0.05, 0.1) is 79.7 Å². The summed E-state index contributed by atoms with van der Waals surface area (Å²) >= 11 is 2.49. The highest BCUT2D eigenvalue weighted by atomic mass is 32.1. The number of aromatic nitrogens is 11. The number of benzene rings is 16. The van der Waals surface area contributed by atoms with Gasteiger partial charge in [0.2, 0.25) is 0 Å². The summed E-state index contributed by atoms with van der Waals surface area (Å²) < 4.78 is 20.8. The molecule has 0 aliphatic carbocycles. The van der Waals surface area contributed by atoms with Crippen molar-refractivity contribution in [1.82, 2.24) is 52.0 Å². The molecule has 0 aliphatic heterocycles. The van der Waals surface area contributed by atoms with Crippen molar-refractivity contribution in [3.63, 3.8) is 0 Å². The van der Waals surface area contributed by atoms with Crippen LogP contribution in [0.5, 0.6) is 0 Å². The van der Waals surface area contributed by atoms with Crippen LogP contribution in [-0.4, -0.2) is 52.0 Å². The first-order chi connectivity index (χ1) is 58.9. The molecule has 7 heterocycles. The smallest absolute Gasteiger partial charge is 0.160 e. The summed E-state index contributed by atoms with van der Waals surface area (Å²) in [5, 5.41) is 8.98. The lowest BCUT2D eigenvalue weighted by Crippen LogP contribution is -1.97. The van der Waals surface area contributed by atoms with Crippen molar-refractivity contribution in [3.8, 4) is 141 Å². The van der Waals surface area contributed by atoms with E-state index in [0.717, 1.165) is 194 Å². The molecule has 556 valence electrons. The molecule has 16 aromatic carbocycles. The molecule has 0 unspecified atom stereocenters. The van der Waals surface area contributed by atoms with Crippen molar-refractivity contribution in [1.29, 1.82) is 0 Å². The van der Waals surface area contributed by atoms with E-state index in [0.29, 0.717) is 11.6 Å². The van der Waals surface area contributed by atoms with Crippen LogP contribution in [0.25, 0.3) is 228 Å². The average molecular weight is 1560 g/mol.